The van der Waals surface area contributed by atoms with Crippen molar-refractivity contribution in [2.24, 2.45) is 0 Å². The number of ketones is 1. The predicted molar refractivity (Wildman–Crippen MR) is 141 cm³/mol. The van der Waals surface area contributed by atoms with Crippen LogP contribution in [0, 0.1) is 0 Å². The lowest BCUT2D eigenvalue weighted by atomic mass is 9.86. The van der Waals surface area contributed by atoms with E-state index in [-0.39, 0.29) is 11.2 Å². The molecule has 0 unspecified atom stereocenters. The highest BCUT2D eigenvalue weighted by Gasteiger charge is 2.15. The van der Waals surface area contributed by atoms with E-state index >= 15 is 0 Å². The summed E-state index contributed by atoms with van der Waals surface area (Å²) in [6.45, 7) is 6.52. The third-order valence-corrected chi connectivity index (χ3v) is 6.07. The molecule has 0 atom stereocenters. The molecule has 0 radical (unpaired) electrons. The lowest BCUT2D eigenvalue weighted by Crippen LogP contribution is -2.11. The largest absolute Gasteiger partial charge is 0.337 e. The molecule has 0 spiro atoms. The average Bonchev–Trinajstić information content (AvgIpc) is 3.34. The minimum Gasteiger partial charge on any atom is -0.337 e. The summed E-state index contributed by atoms with van der Waals surface area (Å²) in [5.41, 5.74) is 6.42. The average molecular weight is 461 g/mol. The van der Waals surface area contributed by atoms with E-state index in [9.17, 15) is 4.79 Å². The molecule has 0 bridgehead atoms. The van der Waals surface area contributed by atoms with Gasteiger partial charge in [-0.05, 0) is 34.7 Å². The zero-order chi connectivity index (χ0) is 24.4. The Balaban J connectivity index is 1.41. The number of hydrogen-bond donors (Lipinski definition) is 1. The van der Waals surface area contributed by atoms with Gasteiger partial charge in [-0.3, -0.25) is 4.79 Å². The number of benzene rings is 3. The summed E-state index contributed by atoms with van der Waals surface area (Å²) in [5.74, 6) is 0.784. The van der Waals surface area contributed by atoms with Crippen molar-refractivity contribution in [3.63, 3.8) is 0 Å². The minimum absolute atomic E-state index is 0.0630. The fraction of sp³-hybridized carbons (Fsp3) is 0.167. The third kappa shape index (κ3) is 4.99. The maximum atomic E-state index is 13.0. The van der Waals surface area contributed by atoms with E-state index < -0.39 is 0 Å². The van der Waals surface area contributed by atoms with Crippen molar-refractivity contribution in [3.05, 3.63) is 114 Å². The Labute approximate surface area is 205 Å². The molecule has 0 saturated heterocycles. The zero-order valence-corrected chi connectivity index (χ0v) is 20.2. The van der Waals surface area contributed by atoms with Crippen molar-refractivity contribution in [2.75, 3.05) is 5.32 Å². The van der Waals surface area contributed by atoms with E-state index in [0.717, 1.165) is 33.7 Å². The van der Waals surface area contributed by atoms with Crippen molar-refractivity contribution in [1.29, 1.82) is 0 Å². The number of anilines is 2. The van der Waals surface area contributed by atoms with Gasteiger partial charge in [-0.1, -0.05) is 81.4 Å². The summed E-state index contributed by atoms with van der Waals surface area (Å²) in [5, 5.41) is 3.38. The van der Waals surface area contributed by atoms with Crippen LogP contribution >= 0.6 is 0 Å². The SMILES string of the molecule is CC(C)(C)c1ccc(C(=O)Cc2cccc(-c3cn4ccnc4c(Nc4ccccc4)n3)c2)cc1. The molecular formula is C30H28N4O. The Morgan fingerprint density at radius 3 is 2.46 bits per heavy atom. The number of rotatable bonds is 6. The number of carbonyl (C=O) groups excluding carboxylic acids is 1. The molecule has 0 aliphatic rings. The summed E-state index contributed by atoms with van der Waals surface area (Å²) in [7, 11) is 0. The molecular weight excluding hydrogens is 432 g/mol. The third-order valence-electron chi connectivity index (χ3n) is 6.07. The van der Waals surface area contributed by atoms with Crippen LogP contribution in [0.1, 0.15) is 42.3 Å². The Morgan fingerprint density at radius 2 is 1.71 bits per heavy atom. The molecule has 0 amide bonds. The van der Waals surface area contributed by atoms with Gasteiger partial charge in [-0.15, -0.1) is 0 Å². The van der Waals surface area contributed by atoms with Gasteiger partial charge in [0.1, 0.15) is 0 Å². The Hall–Kier alpha value is -4.25. The number of para-hydroxylation sites is 1. The van der Waals surface area contributed by atoms with E-state index in [2.05, 4.69) is 43.2 Å². The maximum absolute atomic E-state index is 13.0. The van der Waals surface area contributed by atoms with Gasteiger partial charge in [-0.25, -0.2) is 9.97 Å². The number of fused-ring (bicyclic) bond motifs is 1. The summed E-state index contributed by atoms with van der Waals surface area (Å²) in [4.78, 5) is 22.3. The van der Waals surface area contributed by atoms with Crippen LogP contribution < -0.4 is 5.32 Å². The van der Waals surface area contributed by atoms with Crippen LogP contribution in [0.25, 0.3) is 16.9 Å². The summed E-state index contributed by atoms with van der Waals surface area (Å²) in [6, 6.07) is 25.9. The Bertz CT molecular complexity index is 1480. The normalized spacial score (nSPS) is 11.5. The van der Waals surface area contributed by atoms with Crippen molar-refractivity contribution < 1.29 is 4.79 Å². The highest BCUT2D eigenvalue weighted by atomic mass is 16.1. The number of nitrogens with zero attached hydrogens (tertiary/aromatic N) is 3. The number of nitrogens with one attached hydrogen (secondary N) is 1. The van der Waals surface area contributed by atoms with Gasteiger partial charge in [0, 0.05) is 41.8 Å². The van der Waals surface area contributed by atoms with Gasteiger partial charge < -0.3 is 9.72 Å². The van der Waals surface area contributed by atoms with Gasteiger partial charge in [0.05, 0.1) is 5.69 Å². The molecule has 5 rings (SSSR count). The van der Waals surface area contributed by atoms with Gasteiger partial charge in [0.15, 0.2) is 17.2 Å². The van der Waals surface area contributed by atoms with Crippen LogP contribution in [-0.4, -0.2) is 20.2 Å². The predicted octanol–water partition coefficient (Wildman–Crippen LogP) is 6.86. The molecule has 5 heteroatoms. The number of imidazole rings is 1. The first-order valence-electron chi connectivity index (χ1n) is 11.8. The van der Waals surface area contributed by atoms with Gasteiger partial charge in [-0.2, -0.15) is 0 Å². The second kappa shape index (κ2) is 9.18. The first-order chi connectivity index (χ1) is 16.9. The number of carbonyl (C=O) groups is 1. The zero-order valence-electron chi connectivity index (χ0n) is 20.2. The Morgan fingerprint density at radius 1 is 0.943 bits per heavy atom. The Kier molecular flexibility index (Phi) is 5.91. The molecule has 35 heavy (non-hydrogen) atoms. The second-order valence-electron chi connectivity index (χ2n) is 9.75. The molecule has 2 aromatic heterocycles. The molecule has 0 saturated carbocycles. The van der Waals surface area contributed by atoms with Gasteiger partial charge >= 0.3 is 0 Å². The highest BCUT2D eigenvalue weighted by Crippen LogP contribution is 2.26. The van der Waals surface area contributed by atoms with Crippen LogP contribution in [0.15, 0.2) is 97.5 Å². The topological polar surface area (TPSA) is 59.3 Å². The smallest absolute Gasteiger partial charge is 0.180 e. The molecule has 2 heterocycles. The van der Waals surface area contributed by atoms with Gasteiger partial charge in [0.2, 0.25) is 0 Å². The molecule has 174 valence electrons. The van der Waals surface area contributed by atoms with Gasteiger partial charge in [0.25, 0.3) is 0 Å². The minimum atomic E-state index is 0.0630. The highest BCUT2D eigenvalue weighted by molar-refractivity contribution is 5.97. The van der Waals surface area contributed by atoms with Crippen molar-refractivity contribution in [2.45, 2.75) is 32.6 Å². The van der Waals surface area contributed by atoms with Crippen molar-refractivity contribution in [1.82, 2.24) is 14.4 Å². The fourth-order valence-corrected chi connectivity index (χ4v) is 4.10. The molecule has 3 aromatic carbocycles. The van der Waals surface area contributed by atoms with Crippen LogP contribution in [-0.2, 0) is 11.8 Å². The first-order valence-corrected chi connectivity index (χ1v) is 11.8. The van der Waals surface area contributed by atoms with Crippen molar-refractivity contribution in [3.8, 4) is 11.3 Å². The van der Waals surface area contributed by atoms with E-state index in [1.165, 1.54) is 5.56 Å². The van der Waals surface area contributed by atoms with Crippen LogP contribution in [0.4, 0.5) is 11.5 Å². The fourth-order valence-electron chi connectivity index (χ4n) is 4.10. The van der Waals surface area contributed by atoms with Crippen molar-refractivity contribution >= 4 is 22.9 Å². The number of aromatic nitrogens is 3. The lowest BCUT2D eigenvalue weighted by molar-refractivity contribution is 0.0993. The molecule has 0 aliphatic carbocycles. The summed E-state index contributed by atoms with van der Waals surface area (Å²) < 4.78 is 1.96. The first kappa shape index (κ1) is 22.5. The molecule has 5 nitrogen and oxygen atoms in total. The number of hydrogen-bond acceptors (Lipinski definition) is 4. The van der Waals surface area contributed by atoms with E-state index in [1.54, 1.807) is 6.20 Å². The summed E-state index contributed by atoms with van der Waals surface area (Å²) in [6.07, 6.45) is 5.97. The van der Waals surface area contributed by atoms with E-state index in [0.29, 0.717) is 12.2 Å². The van der Waals surface area contributed by atoms with E-state index in [4.69, 9.17) is 4.98 Å². The van der Waals surface area contributed by atoms with Crippen LogP contribution in [0.5, 0.6) is 0 Å². The second-order valence-corrected chi connectivity index (χ2v) is 9.75. The monoisotopic (exact) mass is 460 g/mol. The van der Waals surface area contributed by atoms with Crippen LogP contribution in [0.2, 0.25) is 0 Å². The standard InChI is InChI=1S/C30H28N4O/c1-30(2,3)24-14-12-22(13-15-24)27(35)19-21-8-7-9-23(18-21)26-20-34-17-16-31-29(34)28(33-26)32-25-10-5-4-6-11-25/h4-18,20H,19H2,1-3H3,(H,32,33). The maximum Gasteiger partial charge on any atom is 0.180 e. The quantitative estimate of drug-likeness (QED) is 0.281. The van der Waals surface area contributed by atoms with Crippen LogP contribution in [0.3, 0.4) is 0 Å². The molecule has 5 aromatic rings. The van der Waals surface area contributed by atoms with E-state index in [1.807, 2.05) is 83.5 Å². The summed E-state index contributed by atoms with van der Waals surface area (Å²) >= 11 is 0. The lowest BCUT2D eigenvalue weighted by Gasteiger charge is -2.19. The number of Topliss-reactive ketones (excluding diaryl/α,β-unsaturated/α-hetero) is 1. The molecule has 0 fully saturated rings. The molecule has 1 N–H and O–H groups in total. The molecule has 0 aliphatic heterocycles.